The van der Waals surface area contributed by atoms with Crippen LogP contribution in [0, 0.1) is 0 Å². The quantitative estimate of drug-likeness (QED) is 0.845. The van der Waals surface area contributed by atoms with Crippen LogP contribution in [0.3, 0.4) is 0 Å². The fourth-order valence-corrected chi connectivity index (χ4v) is 3.90. The summed E-state index contributed by atoms with van der Waals surface area (Å²) in [7, 11) is 1.34. The van der Waals surface area contributed by atoms with Gasteiger partial charge >= 0.3 is 12.1 Å². The molecular weight excluding hydrogens is 344 g/mol. The molecule has 0 spiro atoms. The molecule has 1 N–H and O–H groups in total. The van der Waals surface area contributed by atoms with E-state index in [0.717, 1.165) is 0 Å². The van der Waals surface area contributed by atoms with Crippen LogP contribution >= 0.6 is 0 Å². The summed E-state index contributed by atoms with van der Waals surface area (Å²) in [5.74, 6) is -0.341. The molecule has 6 nitrogen and oxygen atoms in total. The molecule has 0 aromatic heterocycles. The van der Waals surface area contributed by atoms with Gasteiger partial charge in [-0.2, -0.15) is 0 Å². The molecule has 2 aromatic rings. The summed E-state index contributed by atoms with van der Waals surface area (Å²) < 4.78 is 10.4. The zero-order valence-corrected chi connectivity index (χ0v) is 15.2. The zero-order valence-electron chi connectivity index (χ0n) is 15.2. The van der Waals surface area contributed by atoms with Crippen LogP contribution in [0.1, 0.15) is 17.0 Å². The lowest BCUT2D eigenvalue weighted by Crippen LogP contribution is -2.56. The number of ether oxygens (including phenoxy) is 2. The third-order valence-corrected chi connectivity index (χ3v) is 5.26. The van der Waals surface area contributed by atoms with E-state index >= 15 is 0 Å². The van der Waals surface area contributed by atoms with Crippen molar-refractivity contribution in [1.82, 2.24) is 10.2 Å². The van der Waals surface area contributed by atoms with Crippen molar-refractivity contribution >= 4 is 12.1 Å². The largest absolute Gasteiger partial charge is 0.468 e. The lowest BCUT2D eigenvalue weighted by atomic mass is 9.98. The molecule has 1 heterocycles. The molecule has 27 heavy (non-hydrogen) atoms. The van der Waals surface area contributed by atoms with E-state index in [-0.39, 0.29) is 25.0 Å². The second-order valence-electron chi connectivity index (χ2n) is 6.78. The topological polar surface area (TPSA) is 67.9 Å². The highest BCUT2D eigenvalue weighted by Gasteiger charge is 2.32. The highest BCUT2D eigenvalue weighted by Crippen LogP contribution is 2.44. The van der Waals surface area contributed by atoms with E-state index in [2.05, 4.69) is 29.6 Å². The van der Waals surface area contributed by atoms with E-state index in [0.29, 0.717) is 13.1 Å². The lowest BCUT2D eigenvalue weighted by Gasteiger charge is -2.31. The Morgan fingerprint density at radius 3 is 2.33 bits per heavy atom. The molecule has 0 radical (unpaired) electrons. The Labute approximate surface area is 158 Å². The number of carbonyl (C=O) groups excluding carboxylic acids is 2. The highest BCUT2D eigenvalue weighted by atomic mass is 16.6. The maximum absolute atomic E-state index is 12.6. The van der Waals surface area contributed by atoms with Crippen LogP contribution in [0.2, 0.25) is 0 Å². The number of carbonyl (C=O) groups is 2. The van der Waals surface area contributed by atoms with Gasteiger partial charge in [0.2, 0.25) is 0 Å². The maximum Gasteiger partial charge on any atom is 0.409 e. The fraction of sp³-hybridized carbons (Fsp3) is 0.333. The van der Waals surface area contributed by atoms with Crippen LogP contribution in [0.25, 0.3) is 11.1 Å². The number of methoxy groups -OCH3 is 1. The van der Waals surface area contributed by atoms with Gasteiger partial charge in [0.05, 0.1) is 13.7 Å². The molecule has 1 saturated heterocycles. The van der Waals surface area contributed by atoms with E-state index in [1.54, 1.807) is 4.90 Å². The molecule has 140 valence electrons. The van der Waals surface area contributed by atoms with Crippen molar-refractivity contribution in [2.75, 3.05) is 33.4 Å². The number of amides is 1. The van der Waals surface area contributed by atoms with Crippen LogP contribution in [0.5, 0.6) is 0 Å². The normalized spacial score (nSPS) is 18.6. The molecule has 1 aliphatic carbocycles. The van der Waals surface area contributed by atoms with E-state index in [9.17, 15) is 9.59 Å². The summed E-state index contributed by atoms with van der Waals surface area (Å²) in [4.78, 5) is 25.8. The van der Waals surface area contributed by atoms with Gasteiger partial charge in [0, 0.05) is 19.0 Å². The zero-order chi connectivity index (χ0) is 18.8. The Morgan fingerprint density at radius 1 is 1.07 bits per heavy atom. The Hall–Kier alpha value is -2.86. The molecule has 1 fully saturated rings. The molecule has 1 aliphatic heterocycles. The van der Waals surface area contributed by atoms with Gasteiger partial charge < -0.3 is 19.7 Å². The Morgan fingerprint density at radius 2 is 1.70 bits per heavy atom. The van der Waals surface area contributed by atoms with E-state index in [4.69, 9.17) is 9.47 Å². The molecule has 0 saturated carbocycles. The number of esters is 1. The van der Waals surface area contributed by atoms with Gasteiger partial charge in [-0.05, 0) is 22.3 Å². The minimum absolute atomic E-state index is 0.0284. The summed E-state index contributed by atoms with van der Waals surface area (Å²) in [6, 6.07) is 15.9. The van der Waals surface area contributed by atoms with Crippen LogP contribution in [-0.4, -0.2) is 56.4 Å². The first-order valence-electron chi connectivity index (χ1n) is 9.10. The fourth-order valence-electron chi connectivity index (χ4n) is 3.90. The van der Waals surface area contributed by atoms with E-state index in [1.807, 2.05) is 24.3 Å². The second-order valence-corrected chi connectivity index (χ2v) is 6.78. The molecule has 4 rings (SSSR count). The van der Waals surface area contributed by atoms with Gasteiger partial charge in [0.1, 0.15) is 12.6 Å². The van der Waals surface area contributed by atoms with Gasteiger partial charge in [-0.15, -0.1) is 0 Å². The standard InChI is InChI=1S/C21H22N2O4/c1-26-20(24)19-12-23(11-10-22-19)21(25)27-13-18-16-8-4-2-6-14(16)15-7-3-5-9-17(15)18/h2-9,18-19,22H,10-13H2,1H3/t19-/m0/s1. The van der Waals surface area contributed by atoms with Crippen molar-refractivity contribution in [1.29, 1.82) is 0 Å². The number of hydrogen-bond donors (Lipinski definition) is 1. The number of nitrogens with zero attached hydrogens (tertiary/aromatic N) is 1. The lowest BCUT2D eigenvalue weighted by molar-refractivity contribution is -0.144. The summed E-state index contributed by atoms with van der Waals surface area (Å²) in [5.41, 5.74) is 4.75. The number of fused-ring (bicyclic) bond motifs is 3. The average Bonchev–Trinajstić information content (AvgIpc) is 3.05. The second kappa shape index (κ2) is 7.40. The molecule has 2 aromatic carbocycles. The average molecular weight is 366 g/mol. The van der Waals surface area contributed by atoms with Crippen molar-refractivity contribution in [3.05, 3.63) is 59.7 Å². The SMILES string of the molecule is COC(=O)[C@@H]1CN(C(=O)OCC2c3ccccc3-c3ccccc32)CCN1. The first-order chi connectivity index (χ1) is 13.2. The first-order valence-corrected chi connectivity index (χ1v) is 9.10. The van der Waals surface area contributed by atoms with Gasteiger partial charge in [-0.25, -0.2) is 4.79 Å². The number of hydrogen-bond acceptors (Lipinski definition) is 5. The van der Waals surface area contributed by atoms with Crippen LogP contribution < -0.4 is 5.32 Å². The summed E-state index contributed by atoms with van der Waals surface area (Å²) in [6.07, 6.45) is -0.396. The Bertz CT molecular complexity index is 821. The molecule has 1 atom stereocenters. The summed E-state index contributed by atoms with van der Waals surface area (Å²) in [6.45, 7) is 1.57. The molecule has 2 aliphatic rings. The van der Waals surface area contributed by atoms with Crippen LogP contribution in [0.4, 0.5) is 4.79 Å². The third-order valence-electron chi connectivity index (χ3n) is 5.26. The minimum atomic E-state index is -0.510. The molecule has 0 bridgehead atoms. The maximum atomic E-state index is 12.6. The molecule has 1 amide bonds. The highest BCUT2D eigenvalue weighted by molar-refractivity contribution is 5.79. The minimum Gasteiger partial charge on any atom is -0.468 e. The molecule has 6 heteroatoms. The van der Waals surface area contributed by atoms with Crippen molar-refractivity contribution in [2.24, 2.45) is 0 Å². The van der Waals surface area contributed by atoms with E-state index in [1.165, 1.54) is 29.4 Å². The summed E-state index contributed by atoms with van der Waals surface area (Å²) >= 11 is 0. The van der Waals surface area contributed by atoms with Crippen LogP contribution in [-0.2, 0) is 14.3 Å². The summed E-state index contributed by atoms with van der Waals surface area (Å²) in [5, 5.41) is 3.05. The van der Waals surface area contributed by atoms with Crippen molar-refractivity contribution < 1.29 is 19.1 Å². The van der Waals surface area contributed by atoms with Crippen molar-refractivity contribution in [3.8, 4) is 11.1 Å². The number of benzene rings is 2. The Balaban J connectivity index is 1.46. The first kappa shape index (κ1) is 17.5. The number of rotatable bonds is 3. The van der Waals surface area contributed by atoms with Gasteiger partial charge in [0.15, 0.2) is 0 Å². The number of piperazine rings is 1. The third kappa shape index (κ3) is 3.28. The number of nitrogens with one attached hydrogen (secondary N) is 1. The molecular formula is C21H22N2O4. The van der Waals surface area contributed by atoms with Crippen molar-refractivity contribution in [3.63, 3.8) is 0 Å². The monoisotopic (exact) mass is 366 g/mol. The van der Waals surface area contributed by atoms with Crippen LogP contribution in [0.15, 0.2) is 48.5 Å². The smallest absolute Gasteiger partial charge is 0.409 e. The van der Waals surface area contributed by atoms with Gasteiger partial charge in [0.25, 0.3) is 0 Å². The Kier molecular flexibility index (Phi) is 4.81. The molecule has 0 unspecified atom stereocenters. The predicted molar refractivity (Wildman–Crippen MR) is 100 cm³/mol. The van der Waals surface area contributed by atoms with Crippen molar-refractivity contribution in [2.45, 2.75) is 12.0 Å². The van der Waals surface area contributed by atoms with E-state index < -0.39 is 12.1 Å². The predicted octanol–water partition coefficient (Wildman–Crippen LogP) is 2.38. The van der Waals surface area contributed by atoms with Gasteiger partial charge in [-0.1, -0.05) is 48.5 Å². The van der Waals surface area contributed by atoms with Gasteiger partial charge in [-0.3, -0.25) is 4.79 Å².